The molecular weight excluding hydrogens is 505 g/mol. The van der Waals surface area contributed by atoms with E-state index in [9.17, 15) is 27.9 Å². The number of unbranched alkanes of at least 4 members (excludes halogenated alkanes) is 1. The lowest BCUT2D eigenvalue weighted by Gasteiger charge is -2.24. The minimum absolute atomic E-state index is 0.0183. The number of aryl methyl sites for hydroxylation is 2. The molecule has 1 atom stereocenters. The van der Waals surface area contributed by atoms with E-state index in [1.165, 1.54) is 5.56 Å². The molecule has 13 heteroatoms. The van der Waals surface area contributed by atoms with Gasteiger partial charge in [0.15, 0.2) is 5.69 Å². The van der Waals surface area contributed by atoms with Crippen LogP contribution in [-0.4, -0.2) is 82.5 Å². The molecule has 0 unspecified atom stereocenters. The van der Waals surface area contributed by atoms with Gasteiger partial charge in [0.2, 0.25) is 0 Å². The molecular formula is C25H35F3N6O4. The van der Waals surface area contributed by atoms with Gasteiger partial charge in [-0.25, -0.2) is 9.78 Å². The molecule has 0 saturated carbocycles. The molecule has 1 amide bonds. The Kier molecular flexibility index (Phi) is 10.9. The summed E-state index contributed by atoms with van der Waals surface area (Å²) in [5, 5.41) is 20.1. The average molecular weight is 541 g/mol. The number of aliphatic carboxylic acids is 1. The second-order valence-corrected chi connectivity index (χ2v) is 9.15. The Bertz CT molecular complexity index is 1060. The van der Waals surface area contributed by atoms with Gasteiger partial charge in [-0.3, -0.25) is 9.89 Å². The number of fused-ring (bicyclic) bond motifs is 1. The monoisotopic (exact) mass is 540 g/mol. The highest BCUT2D eigenvalue weighted by Gasteiger charge is 2.38. The van der Waals surface area contributed by atoms with E-state index in [4.69, 9.17) is 9.72 Å². The number of carbonyl (C=O) groups is 2. The van der Waals surface area contributed by atoms with Crippen LogP contribution in [0.1, 0.15) is 59.9 Å². The van der Waals surface area contributed by atoms with Gasteiger partial charge in [-0.15, -0.1) is 0 Å². The number of alkyl halides is 3. The number of hydrogen-bond acceptors (Lipinski definition) is 7. The molecule has 4 N–H and O–H groups in total. The van der Waals surface area contributed by atoms with Gasteiger partial charge in [0, 0.05) is 31.9 Å². The van der Waals surface area contributed by atoms with Crippen LogP contribution in [0.4, 0.5) is 19.0 Å². The maximum absolute atomic E-state index is 13.1. The summed E-state index contributed by atoms with van der Waals surface area (Å²) in [4.78, 5) is 30.9. The Labute approximate surface area is 219 Å². The summed E-state index contributed by atoms with van der Waals surface area (Å²) in [5.41, 5.74) is 0.194. The topological polar surface area (TPSA) is 132 Å². The number of nitrogens with zero attached hydrogens (tertiary/aromatic N) is 3. The summed E-state index contributed by atoms with van der Waals surface area (Å²) in [6.45, 7) is 5.39. The highest BCUT2D eigenvalue weighted by molar-refractivity contribution is 5.97. The average Bonchev–Trinajstić information content (AvgIpc) is 3.39. The predicted octanol–water partition coefficient (Wildman–Crippen LogP) is 3.12. The normalized spacial score (nSPS) is 14.1. The van der Waals surface area contributed by atoms with Crippen molar-refractivity contribution in [1.29, 1.82) is 0 Å². The number of ether oxygens (including phenoxy) is 1. The predicted molar refractivity (Wildman–Crippen MR) is 134 cm³/mol. The summed E-state index contributed by atoms with van der Waals surface area (Å²) < 4.78 is 44.7. The van der Waals surface area contributed by atoms with E-state index >= 15 is 0 Å². The number of aromatic nitrogens is 3. The second-order valence-electron chi connectivity index (χ2n) is 9.15. The van der Waals surface area contributed by atoms with Crippen molar-refractivity contribution in [3.8, 4) is 0 Å². The van der Waals surface area contributed by atoms with Crippen molar-refractivity contribution in [3.63, 3.8) is 0 Å². The SMILES string of the molecule is CCOCCN(CCCCc1ccc2c(n1)NCCC2)CC[C@H](NC(=O)c1cn[nH]c1C(F)(F)F)C(=O)O. The molecule has 210 valence electrons. The molecule has 0 radical (unpaired) electrons. The van der Waals surface area contributed by atoms with Gasteiger partial charge in [-0.2, -0.15) is 18.3 Å². The Balaban J connectivity index is 1.52. The third kappa shape index (κ3) is 8.69. The van der Waals surface area contributed by atoms with Crippen molar-refractivity contribution >= 4 is 17.7 Å². The lowest BCUT2D eigenvalue weighted by Crippen LogP contribution is -2.44. The molecule has 2 aromatic heterocycles. The molecule has 0 aliphatic carbocycles. The summed E-state index contributed by atoms with van der Waals surface area (Å²) in [7, 11) is 0. The van der Waals surface area contributed by atoms with Crippen LogP contribution in [-0.2, 0) is 28.5 Å². The molecule has 1 aliphatic heterocycles. The quantitative estimate of drug-likeness (QED) is 0.254. The number of carboxylic acids is 1. The fourth-order valence-electron chi connectivity index (χ4n) is 4.30. The fraction of sp³-hybridized carbons (Fsp3) is 0.600. The standard InChI is InChI=1S/C25H35F3N6O4/c1-2-38-15-14-34(12-4-3-7-18-9-8-17-6-5-11-29-22(17)31-18)13-10-20(24(36)37)32-23(35)19-16-30-33-21(19)25(26,27)28/h8-9,16,20H,2-7,10-15H2,1H3,(H,29,31)(H,30,33)(H,32,35)(H,36,37)/t20-/m0/s1. The van der Waals surface area contributed by atoms with Crippen LogP contribution in [0.5, 0.6) is 0 Å². The van der Waals surface area contributed by atoms with Gasteiger partial charge < -0.3 is 25.4 Å². The minimum atomic E-state index is -4.82. The first-order valence-electron chi connectivity index (χ1n) is 12.9. The number of H-pyrrole nitrogens is 1. The fourth-order valence-corrected chi connectivity index (χ4v) is 4.30. The molecule has 3 rings (SSSR count). The maximum atomic E-state index is 13.1. The van der Waals surface area contributed by atoms with E-state index in [-0.39, 0.29) is 6.42 Å². The molecule has 2 aromatic rings. The van der Waals surface area contributed by atoms with E-state index in [0.29, 0.717) is 32.8 Å². The second kappa shape index (κ2) is 14.1. The summed E-state index contributed by atoms with van der Waals surface area (Å²) in [6.07, 6.45) is 0.619. The zero-order valence-electron chi connectivity index (χ0n) is 21.4. The van der Waals surface area contributed by atoms with Crippen LogP contribution in [0.2, 0.25) is 0 Å². The molecule has 0 aromatic carbocycles. The number of pyridine rings is 1. The molecule has 0 saturated heterocycles. The third-order valence-corrected chi connectivity index (χ3v) is 6.37. The number of amides is 1. The lowest BCUT2D eigenvalue weighted by molar-refractivity contribution is -0.141. The minimum Gasteiger partial charge on any atom is -0.480 e. The smallest absolute Gasteiger partial charge is 0.433 e. The number of anilines is 1. The largest absolute Gasteiger partial charge is 0.480 e. The Morgan fingerprint density at radius 3 is 2.79 bits per heavy atom. The summed E-state index contributed by atoms with van der Waals surface area (Å²) in [5.74, 6) is -1.51. The molecule has 10 nitrogen and oxygen atoms in total. The maximum Gasteiger partial charge on any atom is 0.433 e. The summed E-state index contributed by atoms with van der Waals surface area (Å²) in [6, 6.07) is 2.82. The van der Waals surface area contributed by atoms with Crippen molar-refractivity contribution in [3.05, 3.63) is 40.8 Å². The molecule has 0 bridgehead atoms. The molecule has 3 heterocycles. The first kappa shape index (κ1) is 29.4. The molecule has 1 aliphatic rings. The number of carbonyl (C=O) groups excluding carboxylic acids is 1. The van der Waals surface area contributed by atoms with Gasteiger partial charge in [0.1, 0.15) is 11.9 Å². The van der Waals surface area contributed by atoms with E-state index in [1.807, 2.05) is 11.8 Å². The molecule has 0 fully saturated rings. The number of aromatic amines is 1. The lowest BCUT2D eigenvalue weighted by atomic mass is 10.1. The van der Waals surface area contributed by atoms with Crippen molar-refractivity contribution in [2.75, 3.05) is 44.7 Å². The van der Waals surface area contributed by atoms with E-state index in [0.717, 1.165) is 56.4 Å². The number of rotatable bonds is 15. The first-order chi connectivity index (χ1) is 18.2. The third-order valence-electron chi connectivity index (χ3n) is 6.37. The highest BCUT2D eigenvalue weighted by Crippen LogP contribution is 2.30. The van der Waals surface area contributed by atoms with Crippen molar-refractivity contribution in [1.82, 2.24) is 25.4 Å². The Morgan fingerprint density at radius 1 is 1.24 bits per heavy atom. The Morgan fingerprint density at radius 2 is 2.05 bits per heavy atom. The van der Waals surface area contributed by atoms with Gasteiger partial charge >= 0.3 is 12.1 Å². The highest BCUT2D eigenvalue weighted by atomic mass is 19.4. The van der Waals surface area contributed by atoms with E-state index in [1.54, 1.807) is 5.10 Å². The number of carboxylic acid groups (broad SMARTS) is 1. The van der Waals surface area contributed by atoms with E-state index in [2.05, 4.69) is 27.9 Å². The Hall–Kier alpha value is -3.19. The van der Waals surface area contributed by atoms with Crippen LogP contribution in [0.15, 0.2) is 18.3 Å². The van der Waals surface area contributed by atoms with Gasteiger partial charge in [0.05, 0.1) is 18.4 Å². The van der Waals surface area contributed by atoms with E-state index < -0.39 is 35.4 Å². The van der Waals surface area contributed by atoms with Gasteiger partial charge in [-0.1, -0.05) is 6.07 Å². The number of hydrogen-bond donors (Lipinski definition) is 4. The van der Waals surface area contributed by atoms with Crippen molar-refractivity contribution in [2.45, 2.75) is 57.7 Å². The van der Waals surface area contributed by atoms with Crippen molar-refractivity contribution < 1.29 is 32.6 Å². The zero-order valence-corrected chi connectivity index (χ0v) is 21.4. The van der Waals surface area contributed by atoms with Crippen LogP contribution in [0.25, 0.3) is 0 Å². The number of nitrogens with one attached hydrogen (secondary N) is 3. The van der Waals surface area contributed by atoms with Crippen LogP contribution < -0.4 is 10.6 Å². The summed E-state index contributed by atoms with van der Waals surface area (Å²) >= 11 is 0. The molecule has 0 spiro atoms. The van der Waals surface area contributed by atoms with Gasteiger partial charge in [-0.05, 0) is 63.6 Å². The van der Waals surface area contributed by atoms with Crippen LogP contribution in [0.3, 0.4) is 0 Å². The van der Waals surface area contributed by atoms with Gasteiger partial charge in [0.25, 0.3) is 5.91 Å². The van der Waals surface area contributed by atoms with Crippen molar-refractivity contribution in [2.24, 2.45) is 0 Å². The van der Waals surface area contributed by atoms with Crippen LogP contribution >= 0.6 is 0 Å². The molecule has 38 heavy (non-hydrogen) atoms. The number of halogens is 3. The first-order valence-corrected chi connectivity index (χ1v) is 12.9. The zero-order chi connectivity index (χ0) is 27.5. The van der Waals surface area contributed by atoms with Crippen LogP contribution in [0, 0.1) is 0 Å².